The third kappa shape index (κ3) is 2.26. The average Bonchev–Trinajstić information content (AvgIpc) is 2.03. The molecular formula is C10H13OS. The Labute approximate surface area is 77.0 Å². The van der Waals surface area contributed by atoms with E-state index in [1.165, 1.54) is 0 Å². The van der Waals surface area contributed by atoms with Crippen LogP contribution in [0.4, 0.5) is 0 Å². The van der Waals surface area contributed by atoms with E-state index in [9.17, 15) is 4.55 Å². The molecule has 1 atom stereocenters. The number of benzene rings is 1. The molecule has 1 unspecified atom stereocenters. The van der Waals surface area contributed by atoms with Crippen molar-refractivity contribution in [1.82, 2.24) is 0 Å². The Kier molecular flexibility index (Phi) is 2.80. The van der Waals surface area contributed by atoms with Crippen LogP contribution in [0.5, 0.6) is 0 Å². The number of rotatable bonds is 1. The highest BCUT2D eigenvalue weighted by Gasteiger charge is 2.27. The smallest absolute Gasteiger partial charge is 0.153 e. The van der Waals surface area contributed by atoms with Crippen LogP contribution < -0.4 is 0 Å². The summed E-state index contributed by atoms with van der Waals surface area (Å²) in [5.41, 5.74) is 0. The number of hydrogen-bond acceptors (Lipinski definition) is 1. The van der Waals surface area contributed by atoms with Crippen LogP contribution in [0.2, 0.25) is 0 Å². The molecule has 0 N–H and O–H groups in total. The Hall–Kier alpha value is -0.470. The highest BCUT2D eigenvalue weighted by Crippen LogP contribution is 2.23. The molecule has 65 valence electrons. The lowest BCUT2D eigenvalue weighted by atomic mass is 10.3. The molecule has 0 amide bonds. The van der Waals surface area contributed by atoms with E-state index in [-0.39, 0.29) is 4.75 Å². The zero-order valence-electron chi connectivity index (χ0n) is 7.63. The molecule has 12 heavy (non-hydrogen) atoms. The fourth-order valence-electron chi connectivity index (χ4n) is 0.846. The van der Waals surface area contributed by atoms with Gasteiger partial charge in [-0.05, 0) is 44.1 Å². The summed E-state index contributed by atoms with van der Waals surface area (Å²) < 4.78 is 11.6. The predicted molar refractivity (Wildman–Crippen MR) is 51.4 cm³/mol. The summed E-state index contributed by atoms with van der Waals surface area (Å²) >= 11 is -0.932. The summed E-state index contributed by atoms with van der Waals surface area (Å²) in [5, 5.41) is 0. The van der Waals surface area contributed by atoms with Gasteiger partial charge < -0.3 is 4.55 Å². The SMILES string of the molecule is CC(C)(C)[S+]([O-])c1c[c]ccc1. The third-order valence-electron chi connectivity index (χ3n) is 1.45. The van der Waals surface area contributed by atoms with Gasteiger partial charge in [-0.2, -0.15) is 0 Å². The van der Waals surface area contributed by atoms with E-state index >= 15 is 0 Å². The lowest BCUT2D eigenvalue weighted by Crippen LogP contribution is -2.27. The van der Waals surface area contributed by atoms with Gasteiger partial charge in [0.25, 0.3) is 0 Å². The Morgan fingerprint density at radius 1 is 1.42 bits per heavy atom. The highest BCUT2D eigenvalue weighted by molar-refractivity contribution is 7.92. The van der Waals surface area contributed by atoms with Crippen molar-refractivity contribution in [3.63, 3.8) is 0 Å². The largest absolute Gasteiger partial charge is 0.611 e. The lowest BCUT2D eigenvalue weighted by molar-refractivity contribution is 0.559. The van der Waals surface area contributed by atoms with Gasteiger partial charge >= 0.3 is 0 Å². The number of hydrogen-bond donors (Lipinski definition) is 0. The molecule has 1 nitrogen and oxygen atoms in total. The second kappa shape index (κ2) is 3.50. The molecule has 0 aliphatic heterocycles. The second-order valence-corrected chi connectivity index (χ2v) is 5.85. The van der Waals surface area contributed by atoms with Crippen LogP contribution in [0.25, 0.3) is 0 Å². The van der Waals surface area contributed by atoms with Crippen molar-refractivity contribution in [2.24, 2.45) is 0 Å². The molecule has 0 heterocycles. The summed E-state index contributed by atoms with van der Waals surface area (Å²) in [6.45, 7) is 5.91. The fraction of sp³-hybridized carbons (Fsp3) is 0.400. The normalized spacial score (nSPS) is 14.3. The molecule has 1 rings (SSSR count). The maximum absolute atomic E-state index is 11.8. The first-order chi connectivity index (χ1) is 5.52. The summed E-state index contributed by atoms with van der Waals surface area (Å²) in [5.74, 6) is 0. The van der Waals surface area contributed by atoms with E-state index in [1.54, 1.807) is 6.07 Å². The molecule has 0 bridgehead atoms. The van der Waals surface area contributed by atoms with Gasteiger partial charge in [-0.1, -0.05) is 12.1 Å². The molecular weight excluding hydrogens is 168 g/mol. The van der Waals surface area contributed by atoms with Gasteiger partial charge in [0.15, 0.2) is 4.90 Å². The van der Waals surface area contributed by atoms with Gasteiger partial charge in [0, 0.05) is 6.07 Å². The van der Waals surface area contributed by atoms with Crippen molar-refractivity contribution in [2.45, 2.75) is 30.4 Å². The minimum Gasteiger partial charge on any atom is -0.611 e. The Morgan fingerprint density at radius 2 is 2.08 bits per heavy atom. The molecule has 0 fully saturated rings. The first kappa shape index (κ1) is 9.62. The first-order valence-electron chi connectivity index (χ1n) is 3.90. The van der Waals surface area contributed by atoms with Crippen LogP contribution in [-0.2, 0) is 11.2 Å². The third-order valence-corrected chi connectivity index (χ3v) is 3.24. The van der Waals surface area contributed by atoms with Gasteiger partial charge in [-0.15, -0.1) is 0 Å². The standard InChI is InChI=1S/C10H13OS/c1-10(2,3)12(11)9-7-5-4-6-8-9/h4-5,7-8H,1-3H3. The van der Waals surface area contributed by atoms with Crippen LogP contribution >= 0.6 is 0 Å². The molecule has 2 heteroatoms. The summed E-state index contributed by atoms with van der Waals surface area (Å²) in [4.78, 5) is 0.852. The Morgan fingerprint density at radius 3 is 2.50 bits per heavy atom. The molecule has 0 aliphatic carbocycles. The molecule has 0 spiro atoms. The quantitative estimate of drug-likeness (QED) is 0.610. The van der Waals surface area contributed by atoms with Gasteiger partial charge in [-0.25, -0.2) is 0 Å². The molecule has 1 radical (unpaired) electrons. The molecule has 1 aromatic rings. The van der Waals surface area contributed by atoms with Crippen LogP contribution in [0.15, 0.2) is 29.2 Å². The average molecular weight is 181 g/mol. The zero-order chi connectivity index (χ0) is 9.19. The van der Waals surface area contributed by atoms with Crippen molar-refractivity contribution in [3.05, 3.63) is 30.3 Å². The van der Waals surface area contributed by atoms with Gasteiger partial charge in [0.1, 0.15) is 4.75 Å². The molecule has 0 saturated heterocycles. The summed E-state index contributed by atoms with van der Waals surface area (Å²) in [7, 11) is 0. The van der Waals surface area contributed by atoms with Crippen molar-refractivity contribution < 1.29 is 4.55 Å². The fourth-order valence-corrected chi connectivity index (χ4v) is 1.93. The van der Waals surface area contributed by atoms with Crippen molar-refractivity contribution in [1.29, 1.82) is 0 Å². The van der Waals surface area contributed by atoms with Gasteiger partial charge in [0.05, 0.1) is 0 Å². The van der Waals surface area contributed by atoms with Gasteiger partial charge in [-0.3, -0.25) is 0 Å². The molecule has 0 aromatic heterocycles. The molecule has 0 aliphatic rings. The van der Waals surface area contributed by atoms with E-state index in [4.69, 9.17) is 0 Å². The highest BCUT2D eigenvalue weighted by atomic mass is 32.2. The second-order valence-electron chi connectivity index (χ2n) is 3.62. The zero-order valence-corrected chi connectivity index (χ0v) is 8.44. The van der Waals surface area contributed by atoms with Gasteiger partial charge in [0.2, 0.25) is 0 Å². The van der Waals surface area contributed by atoms with E-state index in [2.05, 4.69) is 6.07 Å². The topological polar surface area (TPSA) is 23.1 Å². The van der Waals surface area contributed by atoms with E-state index in [1.807, 2.05) is 39.0 Å². The van der Waals surface area contributed by atoms with Crippen LogP contribution in [0.1, 0.15) is 20.8 Å². The van der Waals surface area contributed by atoms with E-state index in [0.717, 1.165) is 4.90 Å². The van der Waals surface area contributed by atoms with Crippen molar-refractivity contribution in [2.75, 3.05) is 0 Å². The van der Waals surface area contributed by atoms with Crippen molar-refractivity contribution in [3.8, 4) is 0 Å². The van der Waals surface area contributed by atoms with Crippen LogP contribution in [0, 0.1) is 6.07 Å². The first-order valence-corrected chi connectivity index (χ1v) is 5.05. The van der Waals surface area contributed by atoms with E-state index in [0.29, 0.717) is 0 Å². The minimum atomic E-state index is -0.932. The Bertz CT molecular complexity index is 238. The summed E-state index contributed by atoms with van der Waals surface area (Å²) in [6, 6.07) is 10.2. The molecule has 0 saturated carbocycles. The maximum Gasteiger partial charge on any atom is 0.153 e. The molecule has 1 aromatic carbocycles. The lowest BCUT2D eigenvalue weighted by Gasteiger charge is -2.23. The predicted octanol–water partition coefficient (Wildman–Crippen LogP) is 2.39. The Balaban J connectivity index is 2.86. The maximum atomic E-state index is 11.8. The van der Waals surface area contributed by atoms with Crippen LogP contribution in [0.3, 0.4) is 0 Å². The van der Waals surface area contributed by atoms with Crippen LogP contribution in [-0.4, -0.2) is 9.30 Å². The monoisotopic (exact) mass is 181 g/mol. The van der Waals surface area contributed by atoms with E-state index < -0.39 is 11.2 Å². The minimum absolute atomic E-state index is 0.185. The summed E-state index contributed by atoms with van der Waals surface area (Å²) in [6.07, 6.45) is 0. The van der Waals surface area contributed by atoms with Crippen molar-refractivity contribution >= 4 is 11.2 Å².